The van der Waals surface area contributed by atoms with Gasteiger partial charge in [0, 0.05) is 36.7 Å². The van der Waals surface area contributed by atoms with Gasteiger partial charge in [-0.05, 0) is 61.2 Å². The first-order valence-electron chi connectivity index (χ1n) is 10.0. The summed E-state index contributed by atoms with van der Waals surface area (Å²) in [6, 6.07) is 17.0. The van der Waals surface area contributed by atoms with Crippen LogP contribution in [0.25, 0.3) is 22.5 Å². The van der Waals surface area contributed by atoms with Crippen LogP contribution in [0.5, 0.6) is 0 Å². The van der Waals surface area contributed by atoms with Gasteiger partial charge in [0.15, 0.2) is 0 Å². The van der Waals surface area contributed by atoms with Gasteiger partial charge in [0.2, 0.25) is 0 Å². The second-order valence-electron chi connectivity index (χ2n) is 7.79. The molecule has 0 bridgehead atoms. The molecule has 6 heteroatoms. The summed E-state index contributed by atoms with van der Waals surface area (Å²) in [6.45, 7) is 5.12. The van der Waals surface area contributed by atoms with E-state index in [-0.39, 0.29) is 0 Å². The van der Waals surface area contributed by atoms with Crippen LogP contribution in [0.2, 0.25) is 0 Å². The zero-order valence-electron chi connectivity index (χ0n) is 16.5. The Morgan fingerprint density at radius 2 is 1.86 bits per heavy atom. The molecule has 0 radical (unpaired) electrons. The highest BCUT2D eigenvalue weighted by Crippen LogP contribution is 2.30. The zero-order chi connectivity index (χ0) is 19.6. The van der Waals surface area contributed by atoms with Gasteiger partial charge in [-0.2, -0.15) is 10.2 Å². The number of nitrogens with one attached hydrogen (secondary N) is 2. The molecule has 2 N–H and O–H groups in total. The number of likely N-dealkylation sites (tertiary alicyclic amines) is 1. The number of aromatic nitrogens is 5. The van der Waals surface area contributed by atoms with Gasteiger partial charge in [-0.3, -0.25) is 20.1 Å². The van der Waals surface area contributed by atoms with Crippen molar-refractivity contribution in [1.82, 2.24) is 30.3 Å². The standard InChI is InChI=1S/C23H24N6/c1-16-12-21(27-26-16)15-29-11-8-20(14-29)19-6-9-24-23(13-19)18-4-2-17(3-5-18)22-7-10-25-28-22/h2-7,9-10,12-13,20H,8,11,14-15H2,1H3,(H,25,28)(H,26,27)/t20-/m1/s1. The van der Waals surface area contributed by atoms with Crippen LogP contribution in [-0.4, -0.2) is 43.4 Å². The van der Waals surface area contributed by atoms with E-state index in [1.54, 1.807) is 6.20 Å². The Balaban J connectivity index is 1.30. The van der Waals surface area contributed by atoms with Crippen LogP contribution in [0.1, 0.15) is 29.3 Å². The number of hydrogen-bond acceptors (Lipinski definition) is 4. The largest absolute Gasteiger partial charge is 0.297 e. The number of benzene rings is 1. The Hall–Kier alpha value is -3.25. The molecule has 3 aromatic heterocycles. The quantitative estimate of drug-likeness (QED) is 0.542. The first-order valence-corrected chi connectivity index (χ1v) is 10.0. The molecule has 5 rings (SSSR count). The predicted molar refractivity (Wildman–Crippen MR) is 113 cm³/mol. The minimum atomic E-state index is 0.543. The van der Waals surface area contributed by atoms with E-state index in [9.17, 15) is 0 Å². The van der Waals surface area contributed by atoms with Gasteiger partial charge in [0.1, 0.15) is 0 Å². The lowest BCUT2D eigenvalue weighted by Gasteiger charge is -2.15. The number of pyridine rings is 1. The van der Waals surface area contributed by atoms with Gasteiger partial charge in [0.25, 0.3) is 0 Å². The number of H-pyrrole nitrogens is 2. The molecule has 1 aliphatic heterocycles. The smallest absolute Gasteiger partial charge is 0.0765 e. The molecule has 4 aromatic rings. The highest BCUT2D eigenvalue weighted by atomic mass is 15.2. The van der Waals surface area contributed by atoms with Gasteiger partial charge in [0.05, 0.1) is 17.1 Å². The molecule has 1 saturated heterocycles. The van der Waals surface area contributed by atoms with E-state index in [1.807, 2.05) is 19.2 Å². The SMILES string of the molecule is Cc1cc(CN2CC[C@@H](c3ccnc(-c4ccc(-c5ccn[nH]5)cc4)c3)C2)n[nH]1. The normalized spacial score (nSPS) is 17.1. The minimum absolute atomic E-state index is 0.543. The molecule has 1 aromatic carbocycles. The van der Waals surface area contributed by atoms with E-state index in [4.69, 9.17) is 0 Å². The van der Waals surface area contributed by atoms with Crippen LogP contribution in [0.4, 0.5) is 0 Å². The molecule has 1 fully saturated rings. The molecule has 1 atom stereocenters. The zero-order valence-corrected chi connectivity index (χ0v) is 16.5. The average molecular weight is 384 g/mol. The van der Waals surface area contributed by atoms with Crippen molar-refractivity contribution < 1.29 is 0 Å². The van der Waals surface area contributed by atoms with Crippen molar-refractivity contribution in [2.75, 3.05) is 13.1 Å². The topological polar surface area (TPSA) is 73.5 Å². The summed E-state index contributed by atoms with van der Waals surface area (Å²) in [5.74, 6) is 0.543. The Morgan fingerprint density at radius 1 is 1.00 bits per heavy atom. The van der Waals surface area contributed by atoms with Gasteiger partial charge >= 0.3 is 0 Å². The third-order valence-corrected chi connectivity index (χ3v) is 5.66. The van der Waals surface area contributed by atoms with Crippen molar-refractivity contribution >= 4 is 0 Å². The Morgan fingerprint density at radius 3 is 2.62 bits per heavy atom. The van der Waals surface area contributed by atoms with Crippen LogP contribution >= 0.6 is 0 Å². The van der Waals surface area contributed by atoms with Crippen LogP contribution < -0.4 is 0 Å². The lowest BCUT2D eigenvalue weighted by molar-refractivity contribution is 0.322. The maximum Gasteiger partial charge on any atom is 0.0765 e. The fourth-order valence-electron chi connectivity index (χ4n) is 4.13. The summed E-state index contributed by atoms with van der Waals surface area (Å²) in [5.41, 5.74) is 7.92. The molecule has 0 amide bonds. The van der Waals surface area contributed by atoms with Crippen molar-refractivity contribution in [3.05, 3.63) is 77.9 Å². The van der Waals surface area contributed by atoms with Crippen LogP contribution in [0.15, 0.2) is 60.9 Å². The lowest BCUT2D eigenvalue weighted by atomic mass is 9.97. The number of nitrogens with zero attached hydrogens (tertiary/aromatic N) is 4. The molecule has 0 unspecified atom stereocenters. The molecule has 29 heavy (non-hydrogen) atoms. The summed E-state index contributed by atoms with van der Waals surface area (Å²) < 4.78 is 0. The van der Waals surface area contributed by atoms with Gasteiger partial charge in [-0.15, -0.1) is 0 Å². The van der Waals surface area contributed by atoms with Crippen LogP contribution in [0.3, 0.4) is 0 Å². The minimum Gasteiger partial charge on any atom is -0.297 e. The number of aryl methyl sites for hydroxylation is 1. The summed E-state index contributed by atoms with van der Waals surface area (Å²) >= 11 is 0. The molecular formula is C23H24N6. The maximum absolute atomic E-state index is 4.62. The van der Waals surface area contributed by atoms with Gasteiger partial charge in [-0.25, -0.2) is 0 Å². The molecular weight excluding hydrogens is 360 g/mol. The van der Waals surface area contributed by atoms with Crippen molar-refractivity contribution in [3.8, 4) is 22.5 Å². The first-order chi connectivity index (χ1) is 14.2. The monoisotopic (exact) mass is 384 g/mol. The number of aromatic amines is 2. The Kier molecular flexibility index (Phi) is 4.69. The molecule has 146 valence electrons. The third-order valence-electron chi connectivity index (χ3n) is 5.66. The van der Waals surface area contributed by atoms with Gasteiger partial charge < -0.3 is 0 Å². The number of hydrogen-bond donors (Lipinski definition) is 2. The van der Waals surface area contributed by atoms with E-state index in [0.29, 0.717) is 5.92 Å². The third kappa shape index (κ3) is 3.84. The lowest BCUT2D eigenvalue weighted by Crippen LogP contribution is -2.20. The highest BCUT2D eigenvalue weighted by Gasteiger charge is 2.24. The van der Waals surface area contributed by atoms with Crippen LogP contribution in [-0.2, 0) is 6.54 Å². The molecule has 0 aliphatic carbocycles. The fourth-order valence-corrected chi connectivity index (χ4v) is 4.13. The van der Waals surface area contributed by atoms with E-state index >= 15 is 0 Å². The summed E-state index contributed by atoms with van der Waals surface area (Å²) in [6.07, 6.45) is 4.88. The molecule has 1 aliphatic rings. The summed E-state index contributed by atoms with van der Waals surface area (Å²) in [5, 5.41) is 14.4. The fraction of sp³-hybridized carbons (Fsp3) is 0.261. The van der Waals surface area contributed by atoms with Gasteiger partial charge in [-0.1, -0.05) is 24.3 Å². The van der Waals surface area contributed by atoms with Crippen molar-refractivity contribution in [2.45, 2.75) is 25.8 Å². The molecule has 4 heterocycles. The summed E-state index contributed by atoms with van der Waals surface area (Å²) in [7, 11) is 0. The average Bonchev–Trinajstić information content (AvgIpc) is 3.51. The van der Waals surface area contributed by atoms with E-state index in [1.165, 1.54) is 12.0 Å². The Labute approximate surface area is 170 Å². The molecule has 6 nitrogen and oxygen atoms in total. The highest BCUT2D eigenvalue weighted by molar-refractivity contribution is 5.66. The van der Waals surface area contributed by atoms with Crippen molar-refractivity contribution in [2.24, 2.45) is 0 Å². The van der Waals surface area contributed by atoms with E-state index in [2.05, 4.69) is 72.7 Å². The van der Waals surface area contributed by atoms with E-state index in [0.717, 1.165) is 53.5 Å². The summed E-state index contributed by atoms with van der Waals surface area (Å²) in [4.78, 5) is 7.10. The van der Waals surface area contributed by atoms with E-state index < -0.39 is 0 Å². The van der Waals surface area contributed by atoms with Crippen molar-refractivity contribution in [1.29, 1.82) is 0 Å². The van der Waals surface area contributed by atoms with Crippen molar-refractivity contribution in [3.63, 3.8) is 0 Å². The number of rotatable bonds is 5. The second kappa shape index (κ2) is 7.64. The first kappa shape index (κ1) is 17.8. The molecule has 0 saturated carbocycles. The van der Waals surface area contributed by atoms with Crippen LogP contribution in [0, 0.1) is 6.92 Å². The predicted octanol–water partition coefficient (Wildman–Crippen LogP) is 4.16. The maximum atomic E-state index is 4.62. The Bertz CT molecular complexity index is 1080. The second-order valence-corrected chi connectivity index (χ2v) is 7.79. The molecule has 0 spiro atoms.